The molecule has 5 heteroatoms. The number of hydrogen-bond acceptors (Lipinski definition) is 5. The monoisotopic (exact) mass is 308 g/mol. The summed E-state index contributed by atoms with van der Waals surface area (Å²) >= 11 is 1.70. The lowest BCUT2D eigenvalue weighted by Crippen LogP contribution is -2.39. The third kappa shape index (κ3) is 4.92. The topological polar surface area (TPSA) is 45.5 Å². The van der Waals surface area contributed by atoms with Crippen LogP contribution in [0, 0.1) is 11.3 Å². The Kier molecular flexibility index (Phi) is 8.21. The van der Waals surface area contributed by atoms with Crippen molar-refractivity contribution in [2.75, 3.05) is 44.6 Å². The SMILES string of the molecule is CCSc1cccc(N(CCOC)C(C)COC)c1C#N. The van der Waals surface area contributed by atoms with Crippen molar-refractivity contribution >= 4 is 17.4 Å². The third-order valence-electron chi connectivity index (χ3n) is 3.20. The van der Waals surface area contributed by atoms with Gasteiger partial charge in [0.2, 0.25) is 0 Å². The van der Waals surface area contributed by atoms with Gasteiger partial charge in [-0.25, -0.2) is 0 Å². The summed E-state index contributed by atoms with van der Waals surface area (Å²) < 4.78 is 10.5. The first-order valence-corrected chi connectivity index (χ1v) is 8.08. The molecule has 0 saturated heterocycles. The van der Waals surface area contributed by atoms with Crippen LogP contribution in [-0.2, 0) is 9.47 Å². The Bertz CT molecular complexity index is 474. The fraction of sp³-hybridized carbons (Fsp3) is 0.562. The van der Waals surface area contributed by atoms with Crippen molar-refractivity contribution in [1.82, 2.24) is 0 Å². The van der Waals surface area contributed by atoms with Gasteiger partial charge < -0.3 is 14.4 Å². The molecular weight excluding hydrogens is 284 g/mol. The lowest BCUT2D eigenvalue weighted by Gasteiger charge is -2.32. The van der Waals surface area contributed by atoms with Gasteiger partial charge in [0.15, 0.2) is 0 Å². The standard InChI is InChI=1S/C16H24N2O2S/c1-5-21-16-8-6-7-15(14(16)11-17)18(9-10-19-3)13(2)12-20-4/h6-8,13H,5,9-10,12H2,1-4H3. The Labute approximate surface area is 132 Å². The molecule has 0 amide bonds. The Hall–Kier alpha value is -1.22. The van der Waals surface area contributed by atoms with E-state index in [9.17, 15) is 5.26 Å². The van der Waals surface area contributed by atoms with E-state index < -0.39 is 0 Å². The van der Waals surface area contributed by atoms with Crippen LogP contribution in [0.15, 0.2) is 23.1 Å². The summed E-state index contributed by atoms with van der Waals surface area (Å²) in [4.78, 5) is 3.22. The molecule has 0 bridgehead atoms. The zero-order chi connectivity index (χ0) is 15.7. The van der Waals surface area contributed by atoms with Gasteiger partial charge in [-0.2, -0.15) is 5.26 Å². The van der Waals surface area contributed by atoms with E-state index in [-0.39, 0.29) is 6.04 Å². The predicted octanol–water partition coefficient (Wildman–Crippen LogP) is 3.16. The van der Waals surface area contributed by atoms with E-state index in [2.05, 4.69) is 24.8 Å². The first-order chi connectivity index (χ1) is 10.2. The number of benzene rings is 1. The van der Waals surface area contributed by atoms with Gasteiger partial charge in [0.25, 0.3) is 0 Å². The van der Waals surface area contributed by atoms with E-state index >= 15 is 0 Å². The number of ether oxygens (including phenoxy) is 2. The maximum atomic E-state index is 9.56. The molecule has 1 aromatic rings. The number of anilines is 1. The van der Waals surface area contributed by atoms with Gasteiger partial charge in [-0.3, -0.25) is 0 Å². The third-order valence-corrected chi connectivity index (χ3v) is 4.14. The van der Waals surface area contributed by atoms with Crippen molar-refractivity contribution in [2.45, 2.75) is 24.8 Å². The molecule has 0 N–H and O–H groups in total. The molecule has 116 valence electrons. The first-order valence-electron chi connectivity index (χ1n) is 7.10. The van der Waals surface area contributed by atoms with Crippen LogP contribution in [0.1, 0.15) is 19.4 Å². The van der Waals surface area contributed by atoms with Gasteiger partial charge in [0, 0.05) is 31.7 Å². The molecular formula is C16H24N2O2S. The van der Waals surface area contributed by atoms with Crippen molar-refractivity contribution in [3.8, 4) is 6.07 Å². The second kappa shape index (κ2) is 9.67. The van der Waals surface area contributed by atoms with Crippen molar-refractivity contribution in [3.05, 3.63) is 23.8 Å². The van der Waals surface area contributed by atoms with E-state index in [1.54, 1.807) is 26.0 Å². The smallest absolute Gasteiger partial charge is 0.103 e. The minimum Gasteiger partial charge on any atom is -0.383 e. The second-order valence-corrected chi connectivity index (χ2v) is 5.99. The molecule has 0 saturated carbocycles. The maximum absolute atomic E-state index is 9.56. The molecule has 1 atom stereocenters. The summed E-state index contributed by atoms with van der Waals surface area (Å²) in [6.07, 6.45) is 0. The minimum atomic E-state index is 0.180. The molecule has 0 heterocycles. The first kappa shape index (κ1) is 17.8. The maximum Gasteiger partial charge on any atom is 0.103 e. The molecule has 0 aliphatic carbocycles. The average molecular weight is 308 g/mol. The number of nitriles is 1. The van der Waals surface area contributed by atoms with Gasteiger partial charge in [-0.05, 0) is 24.8 Å². The summed E-state index contributed by atoms with van der Waals surface area (Å²) in [6.45, 7) is 6.15. The zero-order valence-electron chi connectivity index (χ0n) is 13.3. The Morgan fingerprint density at radius 1 is 1.33 bits per heavy atom. The normalized spacial score (nSPS) is 12.0. The van der Waals surface area contributed by atoms with Crippen LogP contribution in [0.3, 0.4) is 0 Å². The van der Waals surface area contributed by atoms with Crippen molar-refractivity contribution in [3.63, 3.8) is 0 Å². The summed E-state index contributed by atoms with van der Waals surface area (Å²) in [5, 5.41) is 9.56. The number of nitrogens with zero attached hydrogens (tertiary/aromatic N) is 2. The quantitative estimate of drug-likeness (QED) is 0.656. The highest BCUT2D eigenvalue weighted by Gasteiger charge is 2.19. The molecule has 0 aliphatic rings. The van der Waals surface area contributed by atoms with Crippen LogP contribution in [0.5, 0.6) is 0 Å². The van der Waals surface area contributed by atoms with E-state index in [4.69, 9.17) is 9.47 Å². The van der Waals surface area contributed by atoms with Crippen LogP contribution in [0.2, 0.25) is 0 Å². The zero-order valence-corrected chi connectivity index (χ0v) is 14.1. The van der Waals surface area contributed by atoms with Crippen molar-refractivity contribution in [2.24, 2.45) is 0 Å². The number of rotatable bonds is 9. The van der Waals surface area contributed by atoms with Crippen LogP contribution in [0.25, 0.3) is 0 Å². The van der Waals surface area contributed by atoms with E-state index in [1.165, 1.54) is 0 Å². The Balaban J connectivity index is 3.16. The van der Waals surface area contributed by atoms with E-state index in [0.717, 1.165) is 28.4 Å². The lowest BCUT2D eigenvalue weighted by molar-refractivity contribution is 0.171. The van der Waals surface area contributed by atoms with Gasteiger partial charge in [0.05, 0.1) is 24.5 Å². The number of methoxy groups -OCH3 is 2. The predicted molar refractivity (Wildman–Crippen MR) is 88.1 cm³/mol. The highest BCUT2D eigenvalue weighted by Crippen LogP contribution is 2.31. The molecule has 0 radical (unpaired) electrons. The number of hydrogen-bond donors (Lipinski definition) is 0. The van der Waals surface area contributed by atoms with Crippen LogP contribution in [0.4, 0.5) is 5.69 Å². The van der Waals surface area contributed by atoms with E-state index in [1.807, 2.05) is 18.2 Å². The van der Waals surface area contributed by atoms with Gasteiger partial charge in [0.1, 0.15) is 6.07 Å². The second-order valence-electron chi connectivity index (χ2n) is 4.69. The van der Waals surface area contributed by atoms with Crippen molar-refractivity contribution < 1.29 is 9.47 Å². The summed E-state index contributed by atoms with van der Waals surface area (Å²) in [5.41, 5.74) is 1.70. The van der Waals surface area contributed by atoms with Gasteiger partial charge >= 0.3 is 0 Å². The molecule has 0 aliphatic heterocycles. The van der Waals surface area contributed by atoms with E-state index in [0.29, 0.717) is 13.2 Å². The van der Waals surface area contributed by atoms with Gasteiger partial charge in [-0.15, -0.1) is 11.8 Å². The largest absolute Gasteiger partial charge is 0.383 e. The molecule has 0 aromatic heterocycles. The molecule has 1 rings (SSSR count). The average Bonchev–Trinajstić information content (AvgIpc) is 2.48. The molecule has 4 nitrogen and oxygen atoms in total. The molecule has 1 aromatic carbocycles. The molecule has 0 spiro atoms. The molecule has 1 unspecified atom stereocenters. The van der Waals surface area contributed by atoms with Gasteiger partial charge in [-0.1, -0.05) is 13.0 Å². The summed E-state index contributed by atoms with van der Waals surface area (Å²) in [7, 11) is 3.38. The summed E-state index contributed by atoms with van der Waals surface area (Å²) in [5.74, 6) is 0.948. The molecule has 21 heavy (non-hydrogen) atoms. The van der Waals surface area contributed by atoms with Crippen LogP contribution >= 0.6 is 11.8 Å². The Morgan fingerprint density at radius 2 is 2.10 bits per heavy atom. The fourth-order valence-electron chi connectivity index (χ4n) is 2.25. The number of thioether (sulfide) groups is 1. The Morgan fingerprint density at radius 3 is 2.67 bits per heavy atom. The van der Waals surface area contributed by atoms with Crippen LogP contribution < -0.4 is 4.90 Å². The minimum absolute atomic E-state index is 0.180. The van der Waals surface area contributed by atoms with Crippen molar-refractivity contribution in [1.29, 1.82) is 5.26 Å². The lowest BCUT2D eigenvalue weighted by atomic mass is 10.1. The summed E-state index contributed by atoms with van der Waals surface area (Å²) in [6, 6.07) is 8.55. The highest BCUT2D eigenvalue weighted by atomic mass is 32.2. The highest BCUT2D eigenvalue weighted by molar-refractivity contribution is 7.99. The van der Waals surface area contributed by atoms with Crippen LogP contribution in [-0.4, -0.2) is 45.8 Å². The fourth-order valence-corrected chi connectivity index (χ4v) is 3.03. The molecule has 0 fully saturated rings.